The summed E-state index contributed by atoms with van der Waals surface area (Å²) in [5, 5.41) is 17.1. The zero-order valence-electron chi connectivity index (χ0n) is 16.4. The summed E-state index contributed by atoms with van der Waals surface area (Å²) in [4.78, 5) is 24.5. The molecule has 0 spiro atoms. The molecule has 0 saturated heterocycles. The predicted molar refractivity (Wildman–Crippen MR) is 107 cm³/mol. The molecule has 9 heteroatoms. The second-order valence-electron chi connectivity index (χ2n) is 7.20. The van der Waals surface area contributed by atoms with Gasteiger partial charge in [0, 0.05) is 6.04 Å². The number of imide groups is 1. The Morgan fingerprint density at radius 2 is 1.93 bits per heavy atom. The zero-order valence-corrected chi connectivity index (χ0v) is 17.3. The number of urea groups is 1. The van der Waals surface area contributed by atoms with Crippen LogP contribution in [0.5, 0.6) is 0 Å². The molecule has 28 heavy (non-hydrogen) atoms. The molecule has 1 saturated carbocycles. The number of hydrogen-bond donors (Lipinski definition) is 2. The number of amides is 3. The lowest BCUT2D eigenvalue weighted by atomic mass is 9.96. The number of aryl methyl sites for hydroxylation is 2. The summed E-state index contributed by atoms with van der Waals surface area (Å²) in [7, 11) is 0. The first-order chi connectivity index (χ1) is 13.4. The van der Waals surface area contributed by atoms with Crippen molar-refractivity contribution < 1.29 is 9.59 Å². The van der Waals surface area contributed by atoms with E-state index in [1.54, 1.807) is 11.6 Å². The van der Waals surface area contributed by atoms with Crippen molar-refractivity contribution in [1.82, 2.24) is 30.8 Å². The second-order valence-corrected chi connectivity index (χ2v) is 8.51. The van der Waals surface area contributed by atoms with E-state index in [9.17, 15) is 9.59 Å². The van der Waals surface area contributed by atoms with Gasteiger partial charge in [0.25, 0.3) is 0 Å². The molecule has 1 aromatic heterocycles. The second kappa shape index (κ2) is 9.18. The Morgan fingerprint density at radius 3 is 2.64 bits per heavy atom. The first-order valence-corrected chi connectivity index (χ1v) is 10.5. The molecule has 0 aliphatic heterocycles. The fourth-order valence-electron chi connectivity index (χ4n) is 3.17. The van der Waals surface area contributed by atoms with Crippen molar-refractivity contribution in [2.24, 2.45) is 0 Å². The van der Waals surface area contributed by atoms with Crippen LogP contribution in [0.3, 0.4) is 0 Å². The number of carbonyl (C=O) groups is 2. The predicted octanol–water partition coefficient (Wildman–Crippen LogP) is 2.92. The van der Waals surface area contributed by atoms with Gasteiger partial charge in [-0.05, 0) is 67.3 Å². The van der Waals surface area contributed by atoms with E-state index in [2.05, 4.69) is 26.2 Å². The van der Waals surface area contributed by atoms with Gasteiger partial charge in [0.05, 0.1) is 10.9 Å². The van der Waals surface area contributed by atoms with Crippen LogP contribution < -0.4 is 10.6 Å². The highest BCUT2D eigenvalue weighted by Gasteiger charge is 2.22. The van der Waals surface area contributed by atoms with Crippen LogP contribution in [-0.4, -0.2) is 43.4 Å². The molecule has 3 rings (SSSR count). The van der Waals surface area contributed by atoms with Crippen molar-refractivity contribution in [3.05, 3.63) is 29.3 Å². The zero-order chi connectivity index (χ0) is 20.1. The number of thioether (sulfide) groups is 1. The summed E-state index contributed by atoms with van der Waals surface area (Å²) >= 11 is 1.21. The lowest BCUT2D eigenvalue weighted by Crippen LogP contribution is -2.47. The Hall–Kier alpha value is -2.42. The van der Waals surface area contributed by atoms with Crippen LogP contribution in [0.15, 0.2) is 23.4 Å². The minimum atomic E-state index is -0.520. The van der Waals surface area contributed by atoms with Gasteiger partial charge < -0.3 is 5.32 Å². The van der Waals surface area contributed by atoms with Gasteiger partial charge in [-0.2, -0.15) is 4.68 Å². The van der Waals surface area contributed by atoms with Gasteiger partial charge in [0.15, 0.2) is 0 Å². The van der Waals surface area contributed by atoms with E-state index in [-0.39, 0.29) is 11.9 Å². The Bertz CT molecular complexity index is 847. The molecule has 1 aliphatic carbocycles. The Morgan fingerprint density at radius 1 is 1.18 bits per heavy atom. The molecule has 0 bridgehead atoms. The number of tetrazole rings is 1. The Labute approximate surface area is 168 Å². The van der Waals surface area contributed by atoms with Gasteiger partial charge in [-0.15, -0.1) is 5.10 Å². The number of nitrogens with one attached hydrogen (secondary N) is 2. The third-order valence-corrected chi connectivity index (χ3v) is 6.04. The topological polar surface area (TPSA) is 102 Å². The summed E-state index contributed by atoms with van der Waals surface area (Å²) in [5.41, 5.74) is 3.15. The van der Waals surface area contributed by atoms with Crippen molar-refractivity contribution in [3.8, 4) is 5.69 Å². The third-order valence-electron chi connectivity index (χ3n) is 5.00. The number of benzene rings is 1. The maximum absolute atomic E-state index is 12.4. The van der Waals surface area contributed by atoms with Crippen molar-refractivity contribution in [2.75, 3.05) is 0 Å². The van der Waals surface area contributed by atoms with E-state index in [1.165, 1.54) is 23.7 Å². The van der Waals surface area contributed by atoms with E-state index in [0.717, 1.165) is 36.9 Å². The van der Waals surface area contributed by atoms with Crippen molar-refractivity contribution >= 4 is 23.7 Å². The van der Waals surface area contributed by atoms with Gasteiger partial charge in [0.2, 0.25) is 11.1 Å². The summed E-state index contributed by atoms with van der Waals surface area (Å²) in [5.74, 6) is -0.368. The summed E-state index contributed by atoms with van der Waals surface area (Å²) in [6, 6.07) is 5.66. The summed E-state index contributed by atoms with van der Waals surface area (Å²) in [6.07, 6.45) is 5.38. The quantitative estimate of drug-likeness (QED) is 0.746. The van der Waals surface area contributed by atoms with Gasteiger partial charge in [-0.1, -0.05) is 37.1 Å². The van der Waals surface area contributed by atoms with Gasteiger partial charge >= 0.3 is 6.03 Å². The molecule has 1 aliphatic rings. The largest absolute Gasteiger partial charge is 0.335 e. The van der Waals surface area contributed by atoms with Crippen LogP contribution in [0.1, 0.15) is 50.2 Å². The molecule has 3 amide bonds. The SMILES string of the molecule is Cc1ccc(-n2nnnc2S[C@@H](C)C(=O)NC(=O)NC2CCCCC2)cc1C. The van der Waals surface area contributed by atoms with Crippen LogP contribution in [0.2, 0.25) is 0 Å². The lowest BCUT2D eigenvalue weighted by molar-refractivity contribution is -0.119. The number of hydrogen-bond acceptors (Lipinski definition) is 6. The van der Waals surface area contributed by atoms with E-state index in [4.69, 9.17) is 0 Å². The highest BCUT2D eigenvalue weighted by molar-refractivity contribution is 8.00. The van der Waals surface area contributed by atoms with E-state index < -0.39 is 11.3 Å². The molecule has 1 atom stereocenters. The van der Waals surface area contributed by atoms with Gasteiger partial charge in [0.1, 0.15) is 0 Å². The number of carbonyl (C=O) groups excluding carboxylic acids is 2. The summed E-state index contributed by atoms with van der Waals surface area (Å²) < 4.78 is 1.60. The molecule has 1 fully saturated rings. The maximum atomic E-state index is 12.4. The van der Waals surface area contributed by atoms with Crippen LogP contribution in [0.25, 0.3) is 5.69 Å². The van der Waals surface area contributed by atoms with Crippen molar-refractivity contribution in [1.29, 1.82) is 0 Å². The molecule has 0 radical (unpaired) electrons. The standard InChI is InChI=1S/C19H26N6O2S/c1-12-9-10-16(11-13(12)2)25-19(22-23-24-25)28-14(3)17(26)21-18(27)20-15-7-5-4-6-8-15/h9-11,14-15H,4-8H2,1-3H3,(H2,20,21,26,27)/t14-/m0/s1. The summed E-state index contributed by atoms with van der Waals surface area (Å²) in [6.45, 7) is 5.80. The molecule has 0 unspecified atom stereocenters. The molecular weight excluding hydrogens is 376 g/mol. The fraction of sp³-hybridized carbons (Fsp3) is 0.526. The Balaban J connectivity index is 1.59. The van der Waals surface area contributed by atoms with Gasteiger partial charge in [-0.3, -0.25) is 10.1 Å². The van der Waals surface area contributed by atoms with Crippen molar-refractivity contribution in [2.45, 2.75) is 69.3 Å². The van der Waals surface area contributed by atoms with Crippen molar-refractivity contribution in [3.63, 3.8) is 0 Å². The van der Waals surface area contributed by atoms with E-state index >= 15 is 0 Å². The normalized spacial score (nSPS) is 15.8. The van der Waals surface area contributed by atoms with Crippen LogP contribution in [0.4, 0.5) is 4.79 Å². The molecule has 150 valence electrons. The fourth-order valence-corrected chi connectivity index (χ4v) is 3.97. The van der Waals surface area contributed by atoms with Crippen LogP contribution in [0, 0.1) is 13.8 Å². The number of nitrogens with zero attached hydrogens (tertiary/aromatic N) is 4. The lowest BCUT2D eigenvalue weighted by Gasteiger charge is -2.23. The molecule has 1 heterocycles. The minimum Gasteiger partial charge on any atom is -0.335 e. The molecule has 1 aromatic carbocycles. The number of rotatable bonds is 5. The minimum absolute atomic E-state index is 0.154. The van der Waals surface area contributed by atoms with Gasteiger partial charge in [-0.25, -0.2) is 4.79 Å². The van der Waals surface area contributed by atoms with E-state index in [1.807, 2.05) is 32.0 Å². The first kappa shape index (κ1) is 20.3. The Kier molecular flexibility index (Phi) is 6.66. The van der Waals surface area contributed by atoms with Crippen LogP contribution >= 0.6 is 11.8 Å². The third kappa shape index (κ3) is 5.09. The highest BCUT2D eigenvalue weighted by Crippen LogP contribution is 2.24. The molecule has 8 nitrogen and oxygen atoms in total. The number of aromatic nitrogens is 4. The smallest absolute Gasteiger partial charge is 0.321 e. The average Bonchev–Trinajstić information content (AvgIpc) is 3.12. The molecule has 2 aromatic rings. The highest BCUT2D eigenvalue weighted by atomic mass is 32.2. The van der Waals surface area contributed by atoms with E-state index in [0.29, 0.717) is 5.16 Å². The molecule has 2 N–H and O–H groups in total. The maximum Gasteiger partial charge on any atom is 0.321 e. The van der Waals surface area contributed by atoms with Crippen LogP contribution in [-0.2, 0) is 4.79 Å². The first-order valence-electron chi connectivity index (χ1n) is 9.58. The average molecular weight is 403 g/mol. The molecular formula is C19H26N6O2S. The monoisotopic (exact) mass is 402 g/mol.